The van der Waals surface area contributed by atoms with Gasteiger partial charge in [-0.1, -0.05) is 80.9 Å². The Morgan fingerprint density at radius 2 is 1.52 bits per heavy atom. The van der Waals surface area contributed by atoms with E-state index in [1.54, 1.807) is 60.5 Å². The van der Waals surface area contributed by atoms with E-state index in [1.807, 2.05) is 57.2 Å². The number of esters is 1. The zero-order valence-corrected chi connectivity index (χ0v) is 47.0. The lowest BCUT2D eigenvalue weighted by Gasteiger charge is -2.46. The Morgan fingerprint density at radius 1 is 0.884 bits per heavy atom. The van der Waals surface area contributed by atoms with E-state index in [0.717, 1.165) is 11.3 Å². The van der Waals surface area contributed by atoms with Crippen LogP contribution in [0.5, 0.6) is 5.75 Å². The number of hydrogen-bond acceptors (Lipinski definition) is 15. The molecule has 0 spiro atoms. The number of hydrogen-bond donors (Lipinski definition) is 0. The maximum Gasteiger partial charge on any atom is 0.341 e. The summed E-state index contributed by atoms with van der Waals surface area (Å²) in [5.41, 5.74) is 0.919. The first-order valence-electron chi connectivity index (χ1n) is 23.9. The highest BCUT2D eigenvalue weighted by atomic mass is 79.9. The summed E-state index contributed by atoms with van der Waals surface area (Å²) in [4.78, 5) is 38.0. The van der Waals surface area contributed by atoms with Crippen LogP contribution in [-0.2, 0) is 72.2 Å². The van der Waals surface area contributed by atoms with Gasteiger partial charge in [0.1, 0.15) is 42.6 Å². The first-order chi connectivity index (χ1) is 32.7. The Hall–Kier alpha value is -2.64. The second-order valence-corrected chi connectivity index (χ2v) is 26.1. The van der Waals surface area contributed by atoms with Crippen molar-refractivity contribution in [1.82, 2.24) is 0 Å². The number of halogens is 1. The zero-order chi connectivity index (χ0) is 51.8. The zero-order valence-electron chi connectivity index (χ0n) is 43.5. The number of ether oxygens (including phenoxy) is 8. The Labute approximate surface area is 422 Å². The molecule has 1 aliphatic rings. The Kier molecular flexibility index (Phi) is 28.7. The largest absolute Gasteiger partial charge is 0.497 e. The Bertz CT molecular complexity index is 1840. The summed E-state index contributed by atoms with van der Waals surface area (Å²) in [6, 6.07) is 7.55. The van der Waals surface area contributed by atoms with Crippen molar-refractivity contribution in [1.29, 1.82) is 0 Å². The lowest BCUT2D eigenvalue weighted by Crippen LogP contribution is -2.60. The van der Waals surface area contributed by atoms with Crippen molar-refractivity contribution in [2.24, 2.45) is 5.92 Å². The normalized spacial score (nSPS) is 21.9. The van der Waals surface area contributed by atoms with Gasteiger partial charge >= 0.3 is 13.6 Å². The predicted molar refractivity (Wildman–Crippen MR) is 274 cm³/mol. The van der Waals surface area contributed by atoms with Gasteiger partial charge in [-0.15, -0.1) is 0 Å². The van der Waals surface area contributed by atoms with Crippen molar-refractivity contribution in [3.63, 3.8) is 0 Å². The van der Waals surface area contributed by atoms with E-state index in [1.165, 1.54) is 12.2 Å². The van der Waals surface area contributed by atoms with Crippen LogP contribution in [0.2, 0.25) is 18.1 Å². The quantitative estimate of drug-likeness (QED) is 0.0163. The topological polar surface area (TPSA) is 170 Å². The van der Waals surface area contributed by atoms with Gasteiger partial charge in [0, 0.05) is 31.7 Å². The van der Waals surface area contributed by atoms with Gasteiger partial charge < -0.3 is 51.4 Å². The van der Waals surface area contributed by atoms with Gasteiger partial charge in [0.25, 0.3) is 0 Å². The fourth-order valence-corrected chi connectivity index (χ4v) is 10.5. The maximum absolute atomic E-state index is 13.9. The van der Waals surface area contributed by atoms with E-state index in [9.17, 15) is 18.9 Å². The molecule has 1 aromatic carbocycles. The van der Waals surface area contributed by atoms with Crippen LogP contribution in [-0.4, -0.2) is 129 Å². The van der Waals surface area contributed by atoms with E-state index < -0.39 is 89.1 Å². The van der Waals surface area contributed by atoms with Gasteiger partial charge in [-0.25, -0.2) is 0 Å². The number of carbonyl (C=O) groups excluding carboxylic acids is 3. The van der Waals surface area contributed by atoms with E-state index >= 15 is 0 Å². The van der Waals surface area contributed by atoms with E-state index in [2.05, 4.69) is 49.8 Å². The van der Waals surface area contributed by atoms with Crippen LogP contribution < -0.4 is 4.74 Å². The van der Waals surface area contributed by atoms with Gasteiger partial charge in [0.2, 0.25) is 0 Å². The van der Waals surface area contributed by atoms with Crippen LogP contribution in [0.15, 0.2) is 71.3 Å². The average Bonchev–Trinajstić information content (AvgIpc) is 3.29. The molecule has 0 radical (unpaired) electrons. The molecule has 1 saturated heterocycles. The molecule has 0 N–H and O–H groups in total. The van der Waals surface area contributed by atoms with Gasteiger partial charge in [-0.3, -0.25) is 18.9 Å². The van der Waals surface area contributed by atoms with Gasteiger partial charge in [-0.2, -0.15) is 0 Å². The third-order valence-electron chi connectivity index (χ3n) is 12.4. The third-order valence-corrected chi connectivity index (χ3v) is 19.3. The summed E-state index contributed by atoms with van der Waals surface area (Å²) >= 11 is 3.61. The summed E-state index contributed by atoms with van der Waals surface area (Å²) in [5.74, 6) is -0.586. The number of rotatable bonds is 33. The molecular formula is C51H82BrO15PSi. The molecule has 2 rings (SSSR count). The number of aldehydes is 1. The average molecular weight is 1070 g/mol. The molecule has 15 nitrogen and oxygen atoms in total. The summed E-state index contributed by atoms with van der Waals surface area (Å²) < 4.78 is 79.5. The highest BCUT2D eigenvalue weighted by Crippen LogP contribution is 2.48. The van der Waals surface area contributed by atoms with Crippen LogP contribution >= 0.6 is 23.5 Å². The van der Waals surface area contributed by atoms with Gasteiger partial charge in [0.05, 0.1) is 51.3 Å². The Balaban J connectivity index is 2.41. The molecule has 3 unspecified atom stereocenters. The van der Waals surface area contributed by atoms with Crippen molar-refractivity contribution in [2.75, 3.05) is 47.8 Å². The molecule has 0 bridgehead atoms. The standard InChI is InChI=1S/C51H82BrO15PSi/c1-15-40(65-46(55)35-68(56,62-16-2)63-17-3)24-21-27-43(61-34-38-28-30-41(57-9)31-29-38)36(4)42(54)25-19-18-20-26-44(66-50-49(60-12)48(59-11)47(58-10)37(5)64-50)45(33-39(52)23-22-32-53)67-69(13,14)51(6,7)8/h18-20,22-23,25,28-33,36-37,40,43-45,47-50H,15-17,21,24,26-27,34-35H2,1-14H3/b20-18+,23-22+,25-19+,39-33-/t36-,37?,40-,43-,44-,45+,47-,48?,49?,50-/m0/s1. The molecule has 392 valence electrons. The fourth-order valence-electron chi connectivity index (χ4n) is 7.42. The van der Waals surface area contributed by atoms with Crippen molar-refractivity contribution in [3.05, 3.63) is 76.8 Å². The molecule has 1 aliphatic heterocycles. The lowest BCUT2D eigenvalue weighted by molar-refractivity contribution is -0.318. The summed E-state index contributed by atoms with van der Waals surface area (Å²) in [6.07, 6.45) is 9.66. The van der Waals surface area contributed by atoms with Crippen molar-refractivity contribution < 1.29 is 70.3 Å². The van der Waals surface area contributed by atoms with Crippen LogP contribution in [0, 0.1) is 5.92 Å². The minimum atomic E-state index is -3.61. The molecule has 10 atom stereocenters. The first kappa shape index (κ1) is 62.5. The van der Waals surface area contributed by atoms with Crippen LogP contribution in [0.4, 0.5) is 0 Å². The maximum atomic E-state index is 13.9. The minimum Gasteiger partial charge on any atom is -0.497 e. The fraction of sp³-hybridized carbons (Fsp3) is 0.667. The number of benzene rings is 1. The summed E-state index contributed by atoms with van der Waals surface area (Å²) in [7, 11) is 0.337. The van der Waals surface area contributed by atoms with Crippen LogP contribution in [0.3, 0.4) is 0 Å². The second-order valence-electron chi connectivity index (χ2n) is 18.3. The molecule has 18 heteroatoms. The second kappa shape index (κ2) is 31.7. The molecule has 0 aromatic heterocycles. The summed E-state index contributed by atoms with van der Waals surface area (Å²) in [6.45, 7) is 20.4. The Morgan fingerprint density at radius 3 is 2.07 bits per heavy atom. The number of ketones is 1. The van der Waals surface area contributed by atoms with Crippen LogP contribution in [0.1, 0.15) is 93.1 Å². The number of carbonyl (C=O) groups is 3. The predicted octanol–water partition coefficient (Wildman–Crippen LogP) is 10.6. The summed E-state index contributed by atoms with van der Waals surface area (Å²) in [5, 5.41) is -0.149. The molecule has 0 saturated carbocycles. The van der Waals surface area contributed by atoms with Gasteiger partial charge in [-0.05, 0) is 113 Å². The SMILES string of the molecule is CCOP(=O)(CC(=O)O[C@@H](CC)CCC[C@H](OCc1ccc(OC)cc1)[C@@H](C)C(=O)/C=C/C=C/C[C@H](O[C@@H]1OC(C)[C@H](OC)C(OC)C1OC)[C@@H](/C=C(Br)/C=C/C=O)O[Si](C)(C)C(C)(C)C)OCC. The van der Waals surface area contributed by atoms with Crippen molar-refractivity contribution in [3.8, 4) is 5.75 Å². The third kappa shape index (κ3) is 21.2. The highest BCUT2D eigenvalue weighted by Gasteiger charge is 2.48. The molecule has 1 heterocycles. The molecule has 0 aliphatic carbocycles. The van der Waals surface area contributed by atoms with E-state index in [4.69, 9.17) is 51.4 Å². The van der Waals surface area contributed by atoms with E-state index in [-0.39, 0.29) is 30.6 Å². The lowest BCUT2D eigenvalue weighted by atomic mass is 9.94. The molecular weight excluding hydrogens is 992 g/mol. The molecule has 0 amide bonds. The van der Waals surface area contributed by atoms with Crippen molar-refractivity contribution in [2.45, 2.75) is 167 Å². The van der Waals surface area contributed by atoms with Gasteiger partial charge in [0.15, 0.2) is 20.4 Å². The van der Waals surface area contributed by atoms with Crippen LogP contribution in [0.25, 0.3) is 0 Å². The molecule has 1 fully saturated rings. The molecule has 1 aromatic rings. The first-order valence-corrected chi connectivity index (χ1v) is 29.3. The highest BCUT2D eigenvalue weighted by molar-refractivity contribution is 9.11. The number of methoxy groups -OCH3 is 4. The number of allylic oxidation sites excluding steroid dienone is 6. The molecule has 69 heavy (non-hydrogen) atoms. The smallest absolute Gasteiger partial charge is 0.341 e. The monoisotopic (exact) mass is 1070 g/mol. The van der Waals surface area contributed by atoms with Crippen molar-refractivity contribution >= 4 is 49.9 Å². The minimum absolute atomic E-state index is 0.132. The van der Waals surface area contributed by atoms with E-state index in [0.29, 0.717) is 42.9 Å².